The lowest BCUT2D eigenvalue weighted by atomic mass is 9.94. The molecule has 6 rings (SSSR count). The molecule has 568 valence electrons. The van der Waals surface area contributed by atoms with Crippen LogP contribution < -0.4 is 10.6 Å². The molecule has 0 aliphatic carbocycles. The first-order valence-electron chi connectivity index (χ1n) is 32.8. The third-order valence-electron chi connectivity index (χ3n) is 15.2. The zero-order chi connectivity index (χ0) is 74.6. The Morgan fingerprint density at radius 1 is 0.446 bits per heavy atom. The van der Waals surface area contributed by atoms with Gasteiger partial charge in [-0.15, -0.1) is 0 Å². The molecular weight excluding hydrogens is 1380 g/mol. The normalized spacial score (nSPS) is 30.5. The minimum atomic E-state index is -1.69. The standard InChI is InChI=1S/C36H49NO16S.C29H45NO16S/c1-19(38)37-28-31(53-36-33(49-23(5)42)32(48-22(4)41)30(47-21(3)40)26(51-36)17-45-20(2)39)29-27(18-46-34(52-29)25-13-9-7-10-14-25)50-35(28)44-15-11-8-12-16-54-24(6)43;1-14(32)30-22-25(23(38)20(12-31)44-28(22)39-10-8-7-9-11-47-19(6)37)46-29-27(43-18(5)36)26(42-17(4)35)24(41-16(3)34)21(45-29)13-40-15(2)33/h7,9-10,13-14,26-36H,8,11-12,15-18H2,1-6H3,(H,37,38);20-29,31,38H,7-13H2,1-6H3,(H,30,32)/t26?,27?,28?,29-,30-,31+,32-,33?,34?,35-,36-;20?,21?,22?,23-,24-,25+,26-,27?,28-,29-/m00/s1. The van der Waals surface area contributed by atoms with E-state index in [0.717, 1.165) is 67.7 Å². The summed E-state index contributed by atoms with van der Waals surface area (Å²) >= 11 is 2.47. The van der Waals surface area contributed by atoms with Gasteiger partial charge in [0.15, 0.2) is 78.3 Å². The molecule has 36 heteroatoms. The van der Waals surface area contributed by atoms with E-state index in [0.29, 0.717) is 36.3 Å². The maximum atomic E-state index is 12.7. The van der Waals surface area contributed by atoms with Crippen LogP contribution in [0.3, 0.4) is 0 Å². The average Bonchev–Trinajstić information content (AvgIpc) is 0.767. The number of esters is 8. The largest absolute Gasteiger partial charge is 0.463 e. The molecule has 5 heterocycles. The quantitative estimate of drug-likeness (QED) is 0.0453. The van der Waals surface area contributed by atoms with Gasteiger partial charge in [-0.3, -0.25) is 57.5 Å². The van der Waals surface area contributed by atoms with Crippen molar-refractivity contribution in [2.24, 2.45) is 0 Å². The van der Waals surface area contributed by atoms with Crippen LogP contribution in [0.25, 0.3) is 0 Å². The number of ether oxygens (including phenoxy) is 18. The molecule has 1 aromatic carbocycles. The number of nitrogens with one attached hydrogen (secondary N) is 2. The SMILES string of the molecule is CC(=O)NC1[C@@H](OCCCCCSC(C)=O)OC(CO)[C@H](O)[C@@H]1O[C@@H]1OC(COC(C)=O)[C@H](OC(C)=O)[C@H](OC(C)=O)C1OC(C)=O.CC(=O)NC1[C@@H](OCCCCCSC(C)=O)OC2COC(c3ccccc3)O[C@@H]2[C@@H]1O[C@@H]1OC(COC(C)=O)[C@H](OC(C)=O)[C@H](OC(C)=O)C1OC(C)=O. The van der Waals surface area contributed by atoms with E-state index >= 15 is 0 Å². The van der Waals surface area contributed by atoms with Crippen molar-refractivity contribution < 1.29 is 153 Å². The van der Waals surface area contributed by atoms with Gasteiger partial charge in [0.1, 0.15) is 74.1 Å². The molecular formula is C65H94N2O32S2. The van der Waals surface area contributed by atoms with Gasteiger partial charge >= 0.3 is 47.8 Å². The average molecular weight is 1480 g/mol. The van der Waals surface area contributed by atoms with E-state index < -0.39 is 208 Å². The molecule has 0 bridgehead atoms. The van der Waals surface area contributed by atoms with Crippen molar-refractivity contribution in [3.8, 4) is 0 Å². The summed E-state index contributed by atoms with van der Waals surface area (Å²) in [6.45, 7) is 13.1. The van der Waals surface area contributed by atoms with Crippen molar-refractivity contribution in [2.45, 2.75) is 251 Å². The highest BCUT2D eigenvalue weighted by Gasteiger charge is 2.59. The van der Waals surface area contributed by atoms with Gasteiger partial charge in [0, 0.05) is 113 Å². The molecule has 5 fully saturated rings. The molecule has 2 amide bonds. The second-order valence-corrected chi connectivity index (χ2v) is 26.3. The third-order valence-corrected chi connectivity index (χ3v) is 17.0. The molecule has 5 aliphatic heterocycles. The molecule has 21 atom stereocenters. The van der Waals surface area contributed by atoms with E-state index in [9.17, 15) is 67.7 Å². The van der Waals surface area contributed by atoms with Crippen molar-refractivity contribution in [1.29, 1.82) is 0 Å². The van der Waals surface area contributed by atoms with Crippen LogP contribution in [0.2, 0.25) is 0 Å². The zero-order valence-electron chi connectivity index (χ0n) is 58.4. The monoisotopic (exact) mass is 1480 g/mol. The zero-order valence-corrected chi connectivity index (χ0v) is 60.0. The van der Waals surface area contributed by atoms with Gasteiger partial charge < -0.3 is 106 Å². The Morgan fingerprint density at radius 2 is 0.842 bits per heavy atom. The molecule has 4 N–H and O–H groups in total. The molecule has 0 radical (unpaired) electrons. The van der Waals surface area contributed by atoms with Gasteiger partial charge in [-0.25, -0.2) is 0 Å². The Hall–Kier alpha value is -6.52. The van der Waals surface area contributed by atoms with Crippen LogP contribution in [0, 0.1) is 0 Å². The molecule has 0 aromatic heterocycles. The second-order valence-electron chi connectivity index (χ2n) is 23.8. The minimum absolute atomic E-state index is 0.0197. The third kappa shape index (κ3) is 28.2. The number of carbonyl (C=O) groups is 12. The van der Waals surface area contributed by atoms with E-state index in [1.807, 2.05) is 30.3 Å². The number of unbranched alkanes of at least 4 members (excludes halogenated alkanes) is 4. The molecule has 34 nitrogen and oxygen atoms in total. The molecule has 5 aliphatic rings. The summed E-state index contributed by atoms with van der Waals surface area (Å²) in [7, 11) is 0. The summed E-state index contributed by atoms with van der Waals surface area (Å²) in [6.07, 6.45) is -21.2. The van der Waals surface area contributed by atoms with E-state index in [1.165, 1.54) is 58.1 Å². The van der Waals surface area contributed by atoms with Crippen LogP contribution in [0.4, 0.5) is 0 Å². The second kappa shape index (κ2) is 42.9. The van der Waals surface area contributed by atoms with Crippen molar-refractivity contribution >= 4 is 93.3 Å². The molecule has 1 aromatic rings. The Bertz CT molecular complexity index is 2910. The number of carbonyl (C=O) groups excluding carboxylic acids is 12. The van der Waals surface area contributed by atoms with Gasteiger partial charge in [-0.2, -0.15) is 0 Å². The minimum Gasteiger partial charge on any atom is -0.463 e. The molecule has 0 spiro atoms. The van der Waals surface area contributed by atoms with E-state index in [-0.39, 0.29) is 30.1 Å². The number of fused-ring (bicyclic) bond motifs is 1. The summed E-state index contributed by atoms with van der Waals surface area (Å²) in [5, 5.41) is 26.8. The van der Waals surface area contributed by atoms with Crippen LogP contribution in [-0.4, -0.2) is 254 Å². The maximum absolute atomic E-state index is 12.7. The number of aliphatic hydroxyl groups is 2. The van der Waals surface area contributed by atoms with Crippen LogP contribution in [0.5, 0.6) is 0 Å². The molecule has 5 saturated heterocycles. The predicted molar refractivity (Wildman–Crippen MR) is 345 cm³/mol. The fraction of sp³-hybridized carbons (Fsp3) is 0.723. The lowest BCUT2D eigenvalue weighted by Crippen LogP contribution is -2.70. The Labute approximate surface area is 592 Å². The van der Waals surface area contributed by atoms with Gasteiger partial charge in [0.25, 0.3) is 0 Å². The van der Waals surface area contributed by atoms with Crippen LogP contribution in [0.1, 0.15) is 133 Å². The van der Waals surface area contributed by atoms with E-state index in [2.05, 4.69) is 10.6 Å². The van der Waals surface area contributed by atoms with E-state index in [1.54, 1.807) is 0 Å². The highest BCUT2D eigenvalue weighted by molar-refractivity contribution is 8.13. The highest BCUT2D eigenvalue weighted by Crippen LogP contribution is 2.40. The van der Waals surface area contributed by atoms with Crippen molar-refractivity contribution in [1.82, 2.24) is 10.6 Å². The van der Waals surface area contributed by atoms with Crippen molar-refractivity contribution in [3.05, 3.63) is 35.9 Å². The summed E-state index contributed by atoms with van der Waals surface area (Å²) in [5.74, 6) is -6.04. The number of amides is 2. The fourth-order valence-electron chi connectivity index (χ4n) is 11.3. The Balaban J connectivity index is 0.000000368. The molecule has 9 unspecified atom stereocenters. The molecule has 101 heavy (non-hydrogen) atoms. The lowest BCUT2D eigenvalue weighted by Gasteiger charge is -2.51. The van der Waals surface area contributed by atoms with Gasteiger partial charge in [0.05, 0.1) is 13.2 Å². The number of thioether (sulfide) groups is 2. The first-order chi connectivity index (χ1) is 47.9. The van der Waals surface area contributed by atoms with Crippen molar-refractivity contribution in [2.75, 3.05) is 51.1 Å². The Kier molecular flexibility index (Phi) is 36.2. The predicted octanol–water partition coefficient (Wildman–Crippen LogP) is 1.77. The molecule has 0 saturated carbocycles. The highest BCUT2D eigenvalue weighted by atomic mass is 32.2. The van der Waals surface area contributed by atoms with Crippen LogP contribution in [-0.2, 0) is 143 Å². The maximum Gasteiger partial charge on any atom is 0.303 e. The van der Waals surface area contributed by atoms with Gasteiger partial charge in [-0.1, -0.05) is 66.7 Å². The summed E-state index contributed by atoms with van der Waals surface area (Å²) in [4.78, 5) is 145. The number of hydrogen-bond donors (Lipinski definition) is 4. The summed E-state index contributed by atoms with van der Waals surface area (Å²) in [6, 6.07) is 6.83. The number of rotatable bonds is 32. The number of aliphatic hydroxyl groups excluding tert-OH is 2. The van der Waals surface area contributed by atoms with Gasteiger partial charge in [0.2, 0.25) is 11.8 Å². The lowest BCUT2D eigenvalue weighted by molar-refractivity contribution is -0.378. The first kappa shape index (κ1) is 85.1. The van der Waals surface area contributed by atoms with E-state index in [4.69, 9.17) is 85.3 Å². The summed E-state index contributed by atoms with van der Waals surface area (Å²) in [5.41, 5.74) is 0.694. The summed E-state index contributed by atoms with van der Waals surface area (Å²) < 4.78 is 105. The van der Waals surface area contributed by atoms with Crippen LogP contribution >= 0.6 is 23.5 Å². The number of hydrogen-bond acceptors (Lipinski definition) is 34. The van der Waals surface area contributed by atoms with Crippen molar-refractivity contribution in [3.63, 3.8) is 0 Å². The van der Waals surface area contributed by atoms with Crippen LogP contribution in [0.15, 0.2) is 30.3 Å². The smallest absolute Gasteiger partial charge is 0.303 e. The number of benzene rings is 1. The Morgan fingerprint density at radius 3 is 1.25 bits per heavy atom. The fourth-order valence-corrected chi connectivity index (χ4v) is 12.6. The first-order valence-corrected chi connectivity index (χ1v) is 34.7. The topological polar surface area (TPSA) is 436 Å². The van der Waals surface area contributed by atoms with Gasteiger partial charge in [-0.05, 0) is 25.7 Å².